The van der Waals surface area contributed by atoms with E-state index < -0.39 is 5.91 Å². The maximum Gasteiger partial charge on any atom is 0.234 e. The SMILES string of the molecule is CCOc1nc(-c2cc(OC)cc(CC(N)=O)c2OC)cc(N)c1C#N. The Kier molecular flexibility index (Phi) is 5.86. The molecule has 2 aromatic rings. The summed E-state index contributed by atoms with van der Waals surface area (Å²) < 4.78 is 16.2. The third kappa shape index (κ3) is 3.78. The zero-order valence-corrected chi connectivity index (χ0v) is 14.8. The first-order valence-corrected chi connectivity index (χ1v) is 7.82. The van der Waals surface area contributed by atoms with Gasteiger partial charge in [0.05, 0.1) is 38.6 Å². The van der Waals surface area contributed by atoms with E-state index in [9.17, 15) is 10.1 Å². The molecule has 0 atom stereocenters. The fourth-order valence-corrected chi connectivity index (χ4v) is 2.56. The molecule has 0 aliphatic carbocycles. The van der Waals surface area contributed by atoms with Crippen molar-refractivity contribution in [3.8, 4) is 34.7 Å². The molecule has 136 valence electrons. The van der Waals surface area contributed by atoms with E-state index in [0.717, 1.165) is 0 Å². The minimum Gasteiger partial charge on any atom is -0.497 e. The van der Waals surface area contributed by atoms with E-state index in [4.69, 9.17) is 25.7 Å². The molecule has 8 nitrogen and oxygen atoms in total. The number of carbonyl (C=O) groups is 1. The number of ether oxygens (including phenoxy) is 3. The maximum atomic E-state index is 11.4. The van der Waals surface area contributed by atoms with Crippen molar-refractivity contribution in [2.45, 2.75) is 13.3 Å². The average molecular weight is 356 g/mol. The molecule has 26 heavy (non-hydrogen) atoms. The lowest BCUT2D eigenvalue weighted by molar-refractivity contribution is -0.117. The van der Waals surface area contributed by atoms with E-state index in [2.05, 4.69) is 4.98 Å². The Morgan fingerprint density at radius 2 is 2.00 bits per heavy atom. The molecule has 0 radical (unpaired) electrons. The van der Waals surface area contributed by atoms with Crippen LogP contribution in [-0.4, -0.2) is 31.7 Å². The molecule has 8 heteroatoms. The van der Waals surface area contributed by atoms with Crippen LogP contribution in [0.1, 0.15) is 18.1 Å². The molecule has 1 aromatic carbocycles. The lowest BCUT2D eigenvalue weighted by Crippen LogP contribution is -2.14. The smallest absolute Gasteiger partial charge is 0.234 e. The number of nitrogens with zero attached hydrogens (tertiary/aromatic N) is 2. The summed E-state index contributed by atoms with van der Waals surface area (Å²) in [6.07, 6.45) is -0.0303. The second kappa shape index (κ2) is 8.07. The highest BCUT2D eigenvalue weighted by atomic mass is 16.5. The Morgan fingerprint density at radius 3 is 2.54 bits per heavy atom. The molecule has 0 aliphatic rings. The van der Waals surface area contributed by atoms with Crippen LogP contribution in [0.2, 0.25) is 0 Å². The molecule has 4 N–H and O–H groups in total. The van der Waals surface area contributed by atoms with E-state index in [1.165, 1.54) is 14.2 Å². The number of nitrogens with two attached hydrogens (primary N) is 2. The van der Waals surface area contributed by atoms with Crippen LogP contribution in [-0.2, 0) is 11.2 Å². The highest BCUT2D eigenvalue weighted by molar-refractivity contribution is 5.81. The van der Waals surface area contributed by atoms with Crippen molar-refractivity contribution >= 4 is 11.6 Å². The van der Waals surface area contributed by atoms with Gasteiger partial charge in [0, 0.05) is 11.1 Å². The van der Waals surface area contributed by atoms with Crippen molar-refractivity contribution in [2.75, 3.05) is 26.6 Å². The quantitative estimate of drug-likeness (QED) is 0.770. The molecule has 1 heterocycles. The normalized spacial score (nSPS) is 10.1. The molecule has 1 aromatic heterocycles. The molecule has 0 bridgehead atoms. The number of carbonyl (C=O) groups excluding carboxylic acids is 1. The van der Waals surface area contributed by atoms with Crippen LogP contribution in [0.15, 0.2) is 18.2 Å². The number of hydrogen-bond acceptors (Lipinski definition) is 7. The lowest BCUT2D eigenvalue weighted by Gasteiger charge is -2.16. The minimum absolute atomic E-state index is 0.0303. The molecular formula is C18H20N4O4. The van der Waals surface area contributed by atoms with Gasteiger partial charge >= 0.3 is 0 Å². The Labute approximate surface area is 151 Å². The summed E-state index contributed by atoms with van der Waals surface area (Å²) in [6.45, 7) is 2.11. The monoisotopic (exact) mass is 356 g/mol. The lowest BCUT2D eigenvalue weighted by atomic mass is 10.0. The molecular weight excluding hydrogens is 336 g/mol. The molecule has 2 rings (SSSR count). The average Bonchev–Trinajstić information content (AvgIpc) is 2.60. The van der Waals surface area contributed by atoms with Gasteiger partial charge in [-0.05, 0) is 25.1 Å². The summed E-state index contributed by atoms with van der Waals surface area (Å²) in [7, 11) is 2.98. The van der Waals surface area contributed by atoms with Crippen molar-refractivity contribution in [3.63, 3.8) is 0 Å². The number of hydrogen-bond donors (Lipinski definition) is 2. The van der Waals surface area contributed by atoms with Crippen LogP contribution in [0, 0.1) is 11.3 Å². The van der Waals surface area contributed by atoms with Crippen LogP contribution in [0.4, 0.5) is 5.69 Å². The Hall–Kier alpha value is -3.47. The largest absolute Gasteiger partial charge is 0.497 e. The van der Waals surface area contributed by atoms with Crippen LogP contribution < -0.4 is 25.7 Å². The molecule has 0 spiro atoms. The van der Waals surface area contributed by atoms with Crippen molar-refractivity contribution in [2.24, 2.45) is 5.73 Å². The van der Waals surface area contributed by atoms with Gasteiger partial charge in [0.1, 0.15) is 23.1 Å². The van der Waals surface area contributed by atoms with Gasteiger partial charge in [-0.3, -0.25) is 4.79 Å². The summed E-state index contributed by atoms with van der Waals surface area (Å²) in [5.74, 6) is 0.541. The third-order valence-corrected chi connectivity index (χ3v) is 3.63. The second-order valence-electron chi connectivity index (χ2n) is 5.33. The zero-order chi connectivity index (χ0) is 19.3. The summed E-state index contributed by atoms with van der Waals surface area (Å²) in [5, 5.41) is 9.27. The van der Waals surface area contributed by atoms with Gasteiger partial charge in [0.25, 0.3) is 0 Å². The minimum atomic E-state index is -0.509. The highest BCUT2D eigenvalue weighted by Crippen LogP contribution is 2.38. The summed E-state index contributed by atoms with van der Waals surface area (Å²) in [4.78, 5) is 15.8. The number of nitriles is 1. The summed E-state index contributed by atoms with van der Waals surface area (Å²) in [6, 6.07) is 6.91. The number of methoxy groups -OCH3 is 2. The van der Waals surface area contributed by atoms with Gasteiger partial charge < -0.3 is 25.7 Å². The van der Waals surface area contributed by atoms with Crippen LogP contribution in [0.25, 0.3) is 11.3 Å². The number of rotatable bonds is 7. The van der Waals surface area contributed by atoms with E-state index in [-0.39, 0.29) is 23.6 Å². The number of nitrogen functional groups attached to an aromatic ring is 1. The summed E-state index contributed by atoms with van der Waals surface area (Å²) in [5.41, 5.74) is 13.2. The number of primary amides is 1. The Morgan fingerprint density at radius 1 is 1.27 bits per heavy atom. The van der Waals surface area contributed by atoms with Crippen molar-refractivity contribution < 1.29 is 19.0 Å². The van der Waals surface area contributed by atoms with Gasteiger partial charge in [-0.2, -0.15) is 5.26 Å². The van der Waals surface area contributed by atoms with Gasteiger partial charge in [-0.15, -0.1) is 0 Å². The molecule has 0 fully saturated rings. The van der Waals surface area contributed by atoms with E-state index in [0.29, 0.717) is 34.9 Å². The number of anilines is 1. The van der Waals surface area contributed by atoms with Gasteiger partial charge in [0.2, 0.25) is 11.8 Å². The molecule has 1 amide bonds. The Balaban J connectivity index is 2.74. The van der Waals surface area contributed by atoms with Crippen LogP contribution in [0.3, 0.4) is 0 Å². The van der Waals surface area contributed by atoms with Gasteiger partial charge in [-0.1, -0.05) is 0 Å². The first-order chi connectivity index (χ1) is 12.4. The Bertz CT molecular complexity index is 874. The first-order valence-electron chi connectivity index (χ1n) is 7.82. The second-order valence-corrected chi connectivity index (χ2v) is 5.33. The predicted octanol–water partition coefficient (Wildman–Crippen LogP) is 1.65. The number of benzene rings is 1. The first kappa shape index (κ1) is 18.9. The molecule has 0 saturated heterocycles. The molecule has 0 aliphatic heterocycles. The van der Waals surface area contributed by atoms with E-state index in [1.54, 1.807) is 25.1 Å². The van der Waals surface area contributed by atoms with E-state index >= 15 is 0 Å². The standard InChI is InChI=1S/C18H20N4O4/c1-4-26-18-13(9-19)14(20)8-15(22-18)12-7-11(24-2)5-10(6-16(21)23)17(12)25-3/h5,7-8H,4,6H2,1-3H3,(H2,20,22)(H2,21,23). The highest BCUT2D eigenvalue weighted by Gasteiger charge is 2.19. The van der Waals surface area contributed by atoms with E-state index in [1.807, 2.05) is 6.07 Å². The topological polar surface area (TPSA) is 133 Å². The molecule has 0 unspecified atom stereocenters. The van der Waals surface area contributed by atoms with Crippen LogP contribution in [0.5, 0.6) is 17.4 Å². The molecule has 0 saturated carbocycles. The van der Waals surface area contributed by atoms with Crippen LogP contribution >= 0.6 is 0 Å². The fourth-order valence-electron chi connectivity index (χ4n) is 2.56. The van der Waals surface area contributed by atoms with Crippen molar-refractivity contribution in [1.29, 1.82) is 5.26 Å². The van der Waals surface area contributed by atoms with Gasteiger partial charge in [0.15, 0.2) is 0 Å². The van der Waals surface area contributed by atoms with Crippen molar-refractivity contribution in [3.05, 3.63) is 29.3 Å². The predicted molar refractivity (Wildman–Crippen MR) is 96.0 cm³/mol. The third-order valence-electron chi connectivity index (χ3n) is 3.63. The van der Waals surface area contributed by atoms with Crippen molar-refractivity contribution in [1.82, 2.24) is 4.98 Å². The maximum absolute atomic E-state index is 11.4. The summed E-state index contributed by atoms with van der Waals surface area (Å²) >= 11 is 0. The zero-order valence-electron chi connectivity index (χ0n) is 14.8. The van der Waals surface area contributed by atoms with Gasteiger partial charge in [-0.25, -0.2) is 4.98 Å². The number of amides is 1. The number of aromatic nitrogens is 1. The fraction of sp³-hybridized carbons (Fsp3) is 0.278. The number of pyridine rings is 1.